The van der Waals surface area contributed by atoms with Crippen LogP contribution in [0.1, 0.15) is 13.8 Å². The average molecular weight is 236 g/mol. The summed E-state index contributed by atoms with van der Waals surface area (Å²) in [5, 5.41) is 2.59. The van der Waals surface area contributed by atoms with E-state index in [2.05, 4.69) is 15.3 Å². The molecule has 0 aliphatic carbocycles. The minimum absolute atomic E-state index is 0.152. The van der Waals surface area contributed by atoms with E-state index in [9.17, 15) is 8.78 Å². The van der Waals surface area contributed by atoms with Crippen molar-refractivity contribution in [3.63, 3.8) is 0 Å². The van der Waals surface area contributed by atoms with Gasteiger partial charge in [-0.3, -0.25) is 4.99 Å². The smallest absolute Gasteiger partial charge is 0.232 e. The van der Waals surface area contributed by atoms with E-state index < -0.39 is 17.3 Å². The maximum Gasteiger partial charge on any atom is 0.232 e. The molecule has 3 nitrogen and oxygen atoms in total. The Morgan fingerprint density at radius 2 is 2.00 bits per heavy atom. The predicted molar refractivity (Wildman–Crippen MR) is 57.9 cm³/mol. The first-order valence-corrected chi connectivity index (χ1v) is 4.74. The fraction of sp³-hybridized carbons (Fsp3) is 0.556. The fourth-order valence-electron chi connectivity index (χ4n) is 0.965. The van der Waals surface area contributed by atoms with Crippen molar-refractivity contribution in [3.05, 3.63) is 11.0 Å². The number of hydrogen-bond acceptors (Lipinski definition) is 3. The Labute approximate surface area is 91.9 Å². The van der Waals surface area contributed by atoms with Crippen molar-refractivity contribution in [1.29, 1.82) is 0 Å². The van der Waals surface area contributed by atoms with Gasteiger partial charge < -0.3 is 5.32 Å². The van der Waals surface area contributed by atoms with E-state index in [0.717, 1.165) is 6.21 Å². The van der Waals surface area contributed by atoms with Gasteiger partial charge in [0.1, 0.15) is 0 Å². The molecular formula is C9H12ClF2N3. The summed E-state index contributed by atoms with van der Waals surface area (Å²) in [6.45, 7) is 2.75. The van der Waals surface area contributed by atoms with Crippen LogP contribution in [-0.2, 0) is 0 Å². The van der Waals surface area contributed by atoms with Gasteiger partial charge >= 0.3 is 0 Å². The summed E-state index contributed by atoms with van der Waals surface area (Å²) in [6, 6.07) is 0. The minimum atomic E-state index is -2.02. The zero-order valence-electron chi connectivity index (χ0n) is 8.68. The molecular weight excluding hydrogens is 224 g/mol. The molecule has 0 bridgehead atoms. The highest BCUT2D eigenvalue weighted by Crippen LogP contribution is 2.27. The number of aliphatic imine (C=N–C) groups is 2. The van der Waals surface area contributed by atoms with Crippen LogP contribution < -0.4 is 5.32 Å². The van der Waals surface area contributed by atoms with Crippen LogP contribution in [0.15, 0.2) is 21.0 Å². The van der Waals surface area contributed by atoms with Gasteiger partial charge in [0, 0.05) is 6.21 Å². The second kappa shape index (κ2) is 3.98. The summed E-state index contributed by atoms with van der Waals surface area (Å²) in [5.41, 5.74) is -1.04. The molecule has 15 heavy (non-hydrogen) atoms. The van der Waals surface area contributed by atoms with Crippen LogP contribution in [0.3, 0.4) is 0 Å². The highest BCUT2D eigenvalue weighted by atomic mass is 35.5. The summed E-state index contributed by atoms with van der Waals surface area (Å²) in [7, 11) is 1.57. The van der Waals surface area contributed by atoms with Gasteiger partial charge in [0.15, 0.2) is 0 Å². The molecule has 0 fully saturated rings. The van der Waals surface area contributed by atoms with Crippen LogP contribution in [0, 0.1) is 0 Å². The lowest BCUT2D eigenvalue weighted by Gasteiger charge is -2.26. The molecule has 0 aromatic rings. The topological polar surface area (TPSA) is 36.8 Å². The summed E-state index contributed by atoms with van der Waals surface area (Å²) in [5.74, 6) is -2.93. The third kappa shape index (κ3) is 2.60. The Balaban J connectivity index is 3.28. The van der Waals surface area contributed by atoms with Crippen molar-refractivity contribution in [2.45, 2.75) is 25.2 Å². The first-order chi connectivity index (χ1) is 6.81. The maximum atomic E-state index is 13.5. The lowest BCUT2D eigenvalue weighted by molar-refractivity contribution is 0.303. The lowest BCUT2D eigenvalue weighted by atomic mass is 10.0. The van der Waals surface area contributed by atoms with Gasteiger partial charge in [0.05, 0.1) is 16.8 Å². The van der Waals surface area contributed by atoms with Crippen LogP contribution in [0.2, 0.25) is 0 Å². The molecule has 1 aliphatic heterocycles. The molecule has 1 heterocycles. The highest BCUT2D eigenvalue weighted by molar-refractivity contribution is 6.32. The van der Waals surface area contributed by atoms with Crippen LogP contribution in [-0.4, -0.2) is 30.8 Å². The molecule has 1 N–H and O–H groups in total. The highest BCUT2D eigenvalue weighted by Gasteiger charge is 2.31. The average Bonchev–Trinajstić information content (AvgIpc) is 2.21. The third-order valence-corrected chi connectivity index (χ3v) is 2.69. The summed E-state index contributed by atoms with van der Waals surface area (Å²) in [6.07, 6.45) is 2.01. The van der Waals surface area contributed by atoms with Crippen molar-refractivity contribution < 1.29 is 8.78 Å². The number of nitrogens with one attached hydrogen (secondary N) is 1. The van der Waals surface area contributed by atoms with E-state index in [0.29, 0.717) is 0 Å². The summed E-state index contributed by atoms with van der Waals surface area (Å²) < 4.78 is 26.8. The van der Waals surface area contributed by atoms with Gasteiger partial charge in [0.25, 0.3) is 0 Å². The summed E-state index contributed by atoms with van der Waals surface area (Å²) in [4.78, 5) is 6.92. The number of hydrogen-bond donors (Lipinski definition) is 1. The second-order valence-corrected chi connectivity index (χ2v) is 3.98. The van der Waals surface area contributed by atoms with Crippen molar-refractivity contribution in [2.75, 3.05) is 7.05 Å². The molecule has 0 saturated heterocycles. The Morgan fingerprint density at radius 1 is 1.40 bits per heavy atom. The minimum Gasteiger partial charge on any atom is -0.305 e. The van der Waals surface area contributed by atoms with E-state index in [-0.39, 0.29) is 5.03 Å². The molecule has 2 atom stereocenters. The van der Waals surface area contributed by atoms with Crippen molar-refractivity contribution in [3.8, 4) is 0 Å². The third-order valence-electron chi connectivity index (χ3n) is 2.15. The standard InChI is InChI=1S/C9H12ClF2N3/c1-8(13-3)4-15-9(2,12)5-14-7(11)6(8)10/h4-5,13H,1-3H3/b7-6+,14-5-,15-4-. The largest absolute Gasteiger partial charge is 0.305 e. The van der Waals surface area contributed by atoms with Crippen LogP contribution in [0.5, 0.6) is 0 Å². The molecule has 1 rings (SSSR count). The van der Waals surface area contributed by atoms with Gasteiger partial charge in [-0.1, -0.05) is 11.6 Å². The van der Waals surface area contributed by atoms with E-state index in [1.54, 1.807) is 14.0 Å². The Bertz CT molecular complexity index is 349. The van der Waals surface area contributed by atoms with Gasteiger partial charge in [-0.2, -0.15) is 4.39 Å². The normalized spacial score (nSPS) is 45.7. The van der Waals surface area contributed by atoms with Crippen LogP contribution in [0.25, 0.3) is 0 Å². The molecule has 2 unspecified atom stereocenters. The van der Waals surface area contributed by atoms with Gasteiger partial charge in [0.2, 0.25) is 11.7 Å². The van der Waals surface area contributed by atoms with Crippen LogP contribution in [0.4, 0.5) is 8.78 Å². The van der Waals surface area contributed by atoms with Gasteiger partial charge in [-0.25, -0.2) is 9.38 Å². The quantitative estimate of drug-likeness (QED) is 0.695. The van der Waals surface area contributed by atoms with Crippen molar-refractivity contribution in [1.82, 2.24) is 5.32 Å². The molecule has 0 aromatic heterocycles. The summed E-state index contributed by atoms with van der Waals surface area (Å²) >= 11 is 5.76. The van der Waals surface area contributed by atoms with E-state index in [4.69, 9.17) is 11.6 Å². The fourth-order valence-corrected chi connectivity index (χ4v) is 1.16. The predicted octanol–water partition coefficient (Wildman–Crippen LogP) is 2.18. The first-order valence-electron chi connectivity index (χ1n) is 4.36. The Morgan fingerprint density at radius 3 is 2.53 bits per heavy atom. The van der Waals surface area contributed by atoms with Gasteiger partial charge in [-0.15, -0.1) is 0 Å². The lowest BCUT2D eigenvalue weighted by Crippen LogP contribution is -2.43. The Hall–Kier alpha value is -0.810. The van der Waals surface area contributed by atoms with Crippen LogP contribution >= 0.6 is 11.6 Å². The zero-order valence-corrected chi connectivity index (χ0v) is 9.44. The monoisotopic (exact) mass is 235 g/mol. The van der Waals surface area contributed by atoms with Crippen molar-refractivity contribution >= 4 is 24.0 Å². The molecule has 0 aromatic carbocycles. The molecule has 84 valence electrons. The number of halogens is 3. The van der Waals surface area contributed by atoms with E-state index in [1.165, 1.54) is 13.1 Å². The Kier molecular flexibility index (Phi) is 3.25. The molecule has 0 spiro atoms. The van der Waals surface area contributed by atoms with Gasteiger partial charge in [-0.05, 0) is 20.9 Å². The van der Waals surface area contributed by atoms with E-state index in [1.807, 2.05) is 0 Å². The molecule has 6 heteroatoms. The maximum absolute atomic E-state index is 13.5. The first kappa shape index (κ1) is 12.3. The zero-order chi connectivity index (χ0) is 11.7. The number of likely N-dealkylation sites (N-methyl/N-ethyl adjacent to an activating group) is 1. The van der Waals surface area contributed by atoms with E-state index >= 15 is 0 Å². The second-order valence-electron chi connectivity index (χ2n) is 3.60. The molecule has 0 saturated carbocycles. The molecule has 0 radical (unpaired) electrons. The molecule has 0 amide bonds. The number of rotatable bonds is 1. The SMILES string of the molecule is CNC1(C)/C=N\C(C)(F)/C=N\C(F)=C/1Cl. The van der Waals surface area contributed by atoms with Crippen molar-refractivity contribution in [2.24, 2.45) is 9.98 Å². The number of nitrogens with zero attached hydrogens (tertiary/aromatic N) is 2. The number of alkyl halides is 1. The molecule has 1 aliphatic rings.